The van der Waals surface area contributed by atoms with Gasteiger partial charge in [-0.15, -0.1) is 0 Å². The third kappa shape index (κ3) is 2.94. The van der Waals surface area contributed by atoms with Crippen molar-refractivity contribution in [2.75, 3.05) is 43.0 Å². The van der Waals surface area contributed by atoms with Crippen molar-refractivity contribution in [3.05, 3.63) is 30.5 Å². The van der Waals surface area contributed by atoms with Gasteiger partial charge in [-0.2, -0.15) is 10.2 Å². The molecule has 5 heteroatoms. The summed E-state index contributed by atoms with van der Waals surface area (Å²) in [7, 11) is 0. The Morgan fingerprint density at radius 1 is 1.10 bits per heavy atom. The van der Waals surface area contributed by atoms with Crippen LogP contribution in [0, 0.1) is 0 Å². The molecule has 4 nitrogen and oxygen atoms in total. The first-order valence-electron chi connectivity index (χ1n) is 7.12. The van der Waals surface area contributed by atoms with E-state index in [0.717, 1.165) is 37.0 Å². The maximum absolute atomic E-state index is 4.21. The smallest absolute Gasteiger partial charge is 0.0950 e. The van der Waals surface area contributed by atoms with Gasteiger partial charge in [-0.05, 0) is 19.0 Å². The van der Waals surface area contributed by atoms with Crippen LogP contribution in [-0.2, 0) is 0 Å². The Bertz CT molecular complexity index is 569. The van der Waals surface area contributed by atoms with Crippen LogP contribution in [0.25, 0.3) is 10.9 Å². The minimum atomic E-state index is 0.978. The van der Waals surface area contributed by atoms with Gasteiger partial charge in [0.2, 0.25) is 0 Å². The van der Waals surface area contributed by atoms with Gasteiger partial charge >= 0.3 is 0 Å². The summed E-state index contributed by atoms with van der Waals surface area (Å²) in [6, 6.07) is 8.25. The summed E-state index contributed by atoms with van der Waals surface area (Å²) in [5.41, 5.74) is 2.20. The molecule has 1 aliphatic heterocycles. The molecule has 20 heavy (non-hydrogen) atoms. The highest BCUT2D eigenvalue weighted by molar-refractivity contribution is 9.09. The molecule has 3 rings (SSSR count). The zero-order valence-corrected chi connectivity index (χ0v) is 13.1. The maximum Gasteiger partial charge on any atom is 0.0950 e. The average molecular weight is 335 g/mol. The number of nitrogens with zero attached hydrogens (tertiary/aromatic N) is 4. The Labute approximate surface area is 127 Å². The highest BCUT2D eigenvalue weighted by atomic mass is 79.9. The van der Waals surface area contributed by atoms with Gasteiger partial charge in [0.25, 0.3) is 0 Å². The van der Waals surface area contributed by atoms with E-state index in [4.69, 9.17) is 0 Å². The molecule has 2 heterocycles. The fraction of sp³-hybridized carbons (Fsp3) is 0.467. The van der Waals surface area contributed by atoms with Crippen LogP contribution in [-0.4, -0.2) is 53.2 Å². The lowest BCUT2D eigenvalue weighted by Crippen LogP contribution is -2.32. The molecule has 1 aromatic heterocycles. The zero-order valence-electron chi connectivity index (χ0n) is 11.5. The van der Waals surface area contributed by atoms with E-state index in [0.29, 0.717) is 0 Å². The SMILES string of the molecule is BrCCN1CCCN(c2cnnc3ccccc23)CC1. The third-order valence-electron chi connectivity index (χ3n) is 3.86. The van der Waals surface area contributed by atoms with Crippen molar-refractivity contribution in [3.8, 4) is 0 Å². The van der Waals surface area contributed by atoms with E-state index < -0.39 is 0 Å². The van der Waals surface area contributed by atoms with Crippen molar-refractivity contribution in [2.45, 2.75) is 6.42 Å². The molecule has 0 radical (unpaired) electrons. The van der Waals surface area contributed by atoms with Crippen LogP contribution >= 0.6 is 15.9 Å². The number of anilines is 1. The molecule has 0 amide bonds. The molecule has 0 spiro atoms. The van der Waals surface area contributed by atoms with E-state index in [9.17, 15) is 0 Å². The van der Waals surface area contributed by atoms with Crippen molar-refractivity contribution in [3.63, 3.8) is 0 Å². The van der Waals surface area contributed by atoms with Crippen LogP contribution in [0.5, 0.6) is 0 Å². The average Bonchev–Trinajstić information content (AvgIpc) is 2.73. The molecule has 2 aromatic rings. The van der Waals surface area contributed by atoms with Crippen LogP contribution in [0.2, 0.25) is 0 Å². The molecular formula is C15H19BrN4. The summed E-state index contributed by atoms with van der Waals surface area (Å²) in [6.45, 7) is 5.57. The molecule has 1 fully saturated rings. The molecule has 0 unspecified atom stereocenters. The Balaban J connectivity index is 1.84. The second-order valence-corrected chi connectivity index (χ2v) is 5.91. The largest absolute Gasteiger partial charge is 0.368 e. The number of rotatable bonds is 3. The molecule has 1 saturated heterocycles. The van der Waals surface area contributed by atoms with Crippen molar-refractivity contribution in [1.82, 2.24) is 15.1 Å². The lowest BCUT2D eigenvalue weighted by atomic mass is 10.2. The number of alkyl halides is 1. The second kappa shape index (κ2) is 6.50. The number of hydrogen-bond donors (Lipinski definition) is 0. The van der Waals surface area contributed by atoms with E-state index >= 15 is 0 Å². The van der Waals surface area contributed by atoms with Gasteiger partial charge in [0.1, 0.15) is 0 Å². The fourth-order valence-corrected chi connectivity index (χ4v) is 3.30. The number of fused-ring (bicyclic) bond motifs is 1. The molecule has 1 aromatic carbocycles. The summed E-state index contributed by atoms with van der Waals surface area (Å²) < 4.78 is 0. The number of aromatic nitrogens is 2. The molecule has 0 aliphatic carbocycles. The minimum Gasteiger partial charge on any atom is -0.368 e. The van der Waals surface area contributed by atoms with Crippen molar-refractivity contribution >= 4 is 32.5 Å². The van der Waals surface area contributed by atoms with Crippen molar-refractivity contribution in [1.29, 1.82) is 0 Å². The van der Waals surface area contributed by atoms with Crippen LogP contribution in [0.4, 0.5) is 5.69 Å². The predicted octanol–water partition coefficient (Wildman–Crippen LogP) is 2.54. The van der Waals surface area contributed by atoms with Crippen LogP contribution < -0.4 is 4.90 Å². The summed E-state index contributed by atoms with van der Waals surface area (Å²) in [5, 5.41) is 10.6. The first-order valence-corrected chi connectivity index (χ1v) is 8.24. The Morgan fingerprint density at radius 2 is 2.00 bits per heavy atom. The number of benzene rings is 1. The normalized spacial score (nSPS) is 17.4. The van der Waals surface area contributed by atoms with Crippen molar-refractivity contribution < 1.29 is 0 Å². The quantitative estimate of drug-likeness (QED) is 0.807. The minimum absolute atomic E-state index is 0.978. The second-order valence-electron chi connectivity index (χ2n) is 5.12. The van der Waals surface area contributed by atoms with Crippen LogP contribution in [0.1, 0.15) is 6.42 Å². The Kier molecular flexibility index (Phi) is 4.47. The molecule has 1 aliphatic rings. The first-order chi connectivity index (χ1) is 9.88. The van der Waals surface area contributed by atoms with Gasteiger partial charge in [0.05, 0.1) is 17.4 Å². The molecule has 106 valence electrons. The maximum atomic E-state index is 4.21. The van der Waals surface area contributed by atoms with E-state index in [1.165, 1.54) is 24.0 Å². The lowest BCUT2D eigenvalue weighted by Gasteiger charge is -2.24. The standard InChI is InChI=1S/C15H19BrN4/c16-6-9-19-7-3-8-20(11-10-19)15-12-17-18-14-5-2-1-4-13(14)15/h1-2,4-5,12H,3,6-11H2. The van der Waals surface area contributed by atoms with E-state index in [2.05, 4.69) is 48.1 Å². The topological polar surface area (TPSA) is 32.3 Å². The molecule has 0 atom stereocenters. The lowest BCUT2D eigenvalue weighted by molar-refractivity contribution is 0.313. The van der Waals surface area contributed by atoms with Crippen LogP contribution in [0.15, 0.2) is 30.5 Å². The van der Waals surface area contributed by atoms with E-state index in [1.54, 1.807) is 0 Å². The van der Waals surface area contributed by atoms with Gasteiger partial charge in [0, 0.05) is 36.9 Å². The van der Waals surface area contributed by atoms with Gasteiger partial charge in [0.15, 0.2) is 0 Å². The van der Waals surface area contributed by atoms with Gasteiger partial charge in [-0.3, -0.25) is 0 Å². The zero-order chi connectivity index (χ0) is 13.8. The van der Waals surface area contributed by atoms with E-state index in [-0.39, 0.29) is 0 Å². The van der Waals surface area contributed by atoms with Gasteiger partial charge in [-0.25, -0.2) is 0 Å². The molecular weight excluding hydrogens is 316 g/mol. The van der Waals surface area contributed by atoms with Gasteiger partial charge < -0.3 is 9.80 Å². The summed E-state index contributed by atoms with van der Waals surface area (Å²) in [5.74, 6) is 0. The molecule has 0 saturated carbocycles. The number of halogens is 1. The molecule has 0 bridgehead atoms. The summed E-state index contributed by atoms with van der Waals surface area (Å²) in [4.78, 5) is 4.97. The third-order valence-corrected chi connectivity index (χ3v) is 4.21. The Morgan fingerprint density at radius 3 is 2.90 bits per heavy atom. The number of hydrogen-bond acceptors (Lipinski definition) is 4. The highest BCUT2D eigenvalue weighted by Gasteiger charge is 2.16. The first kappa shape index (κ1) is 13.8. The molecule has 0 N–H and O–H groups in total. The monoisotopic (exact) mass is 334 g/mol. The fourth-order valence-electron chi connectivity index (χ4n) is 2.80. The predicted molar refractivity (Wildman–Crippen MR) is 86.6 cm³/mol. The van der Waals surface area contributed by atoms with Crippen LogP contribution in [0.3, 0.4) is 0 Å². The Hall–Kier alpha value is -1.20. The highest BCUT2D eigenvalue weighted by Crippen LogP contribution is 2.24. The van der Waals surface area contributed by atoms with Gasteiger partial charge in [-0.1, -0.05) is 34.1 Å². The summed E-state index contributed by atoms with van der Waals surface area (Å²) in [6.07, 6.45) is 3.10. The van der Waals surface area contributed by atoms with Crippen molar-refractivity contribution in [2.24, 2.45) is 0 Å². The summed E-state index contributed by atoms with van der Waals surface area (Å²) >= 11 is 3.53. The van der Waals surface area contributed by atoms with E-state index in [1.807, 2.05) is 18.3 Å².